The first-order valence-electron chi connectivity index (χ1n) is 10.1. The number of carbonyl (C=O) groups is 4. The van der Waals surface area contributed by atoms with Crippen molar-refractivity contribution in [3.05, 3.63) is 53.6 Å². The molecular formula is C22H23N3O9. The lowest BCUT2D eigenvalue weighted by Crippen LogP contribution is -2.60. The molecule has 180 valence electrons. The van der Waals surface area contributed by atoms with Gasteiger partial charge in [0.1, 0.15) is 17.8 Å². The first-order valence-corrected chi connectivity index (χ1v) is 10.1. The molecule has 0 saturated heterocycles. The van der Waals surface area contributed by atoms with Crippen molar-refractivity contribution < 1.29 is 44.3 Å². The summed E-state index contributed by atoms with van der Waals surface area (Å²) in [4.78, 5) is 48.4. The molecule has 1 aliphatic heterocycles. The summed E-state index contributed by atoms with van der Waals surface area (Å²) in [5.74, 6) is -5.26. The minimum atomic E-state index is -2.36. The normalized spacial score (nSPS) is 22.0. The second kappa shape index (κ2) is 10.2. The highest BCUT2D eigenvalue weighted by atomic mass is 16.5. The third-order valence-corrected chi connectivity index (χ3v) is 5.15. The minimum Gasteiger partial charge on any atom is -0.504 e. The SMILES string of the molecule is N[C@H]1Cc2ccc(O)c(c2)Oc2cccc(c2)C[C@@H](C(=O)O)NC(=O)[C@H](C(O)C(=O)O)NC1=O. The van der Waals surface area contributed by atoms with Crippen LogP contribution >= 0.6 is 0 Å². The Morgan fingerprint density at radius 3 is 2.38 bits per heavy atom. The molecule has 0 aliphatic carbocycles. The lowest BCUT2D eigenvalue weighted by Gasteiger charge is -2.25. The van der Waals surface area contributed by atoms with Crippen LogP contribution in [0.5, 0.6) is 17.2 Å². The highest BCUT2D eigenvalue weighted by Gasteiger charge is 2.36. The summed E-state index contributed by atoms with van der Waals surface area (Å²) < 4.78 is 5.72. The van der Waals surface area contributed by atoms with Crippen LogP contribution in [0.3, 0.4) is 0 Å². The first-order chi connectivity index (χ1) is 16.0. The van der Waals surface area contributed by atoms with Crippen molar-refractivity contribution in [1.29, 1.82) is 0 Å². The van der Waals surface area contributed by atoms with E-state index < -0.39 is 48.0 Å². The van der Waals surface area contributed by atoms with Gasteiger partial charge in [-0.2, -0.15) is 0 Å². The molecule has 12 nitrogen and oxygen atoms in total. The number of benzene rings is 2. The maximum atomic E-state index is 12.7. The van der Waals surface area contributed by atoms with E-state index in [4.69, 9.17) is 15.6 Å². The third-order valence-electron chi connectivity index (χ3n) is 5.15. The number of ether oxygens (including phenoxy) is 1. The van der Waals surface area contributed by atoms with Gasteiger partial charge in [0, 0.05) is 6.42 Å². The highest BCUT2D eigenvalue weighted by Crippen LogP contribution is 2.32. The monoisotopic (exact) mass is 473 g/mol. The molecule has 4 atom stereocenters. The molecule has 3 rings (SSSR count). The molecule has 1 aliphatic rings. The van der Waals surface area contributed by atoms with Crippen molar-refractivity contribution in [3.63, 3.8) is 0 Å². The quantitative estimate of drug-likeness (QED) is 0.292. The smallest absolute Gasteiger partial charge is 0.335 e. The Morgan fingerprint density at radius 1 is 1.00 bits per heavy atom. The van der Waals surface area contributed by atoms with E-state index in [2.05, 4.69) is 10.6 Å². The zero-order valence-electron chi connectivity index (χ0n) is 17.7. The van der Waals surface area contributed by atoms with E-state index in [0.29, 0.717) is 11.1 Å². The summed E-state index contributed by atoms with van der Waals surface area (Å²) in [6, 6.07) is 5.74. The van der Waals surface area contributed by atoms with Gasteiger partial charge in [-0.1, -0.05) is 18.2 Å². The zero-order chi connectivity index (χ0) is 25.0. The average molecular weight is 473 g/mol. The molecule has 0 aromatic heterocycles. The summed E-state index contributed by atoms with van der Waals surface area (Å²) in [5, 5.41) is 43.1. The summed E-state index contributed by atoms with van der Waals surface area (Å²) >= 11 is 0. The van der Waals surface area contributed by atoms with Crippen molar-refractivity contribution in [2.75, 3.05) is 0 Å². The number of nitrogens with two attached hydrogens (primary N) is 1. The van der Waals surface area contributed by atoms with Gasteiger partial charge >= 0.3 is 11.9 Å². The number of phenols is 1. The van der Waals surface area contributed by atoms with Crippen LogP contribution in [0, 0.1) is 0 Å². The van der Waals surface area contributed by atoms with Crippen LogP contribution in [0.1, 0.15) is 11.1 Å². The van der Waals surface area contributed by atoms with Crippen molar-refractivity contribution in [1.82, 2.24) is 10.6 Å². The van der Waals surface area contributed by atoms with E-state index in [-0.39, 0.29) is 30.1 Å². The maximum Gasteiger partial charge on any atom is 0.335 e. The van der Waals surface area contributed by atoms with Gasteiger partial charge in [-0.3, -0.25) is 9.59 Å². The Morgan fingerprint density at radius 2 is 1.71 bits per heavy atom. The minimum absolute atomic E-state index is 0.0663. The Kier molecular flexibility index (Phi) is 7.34. The first kappa shape index (κ1) is 24.5. The zero-order valence-corrected chi connectivity index (χ0v) is 17.7. The Labute approximate surface area is 193 Å². The van der Waals surface area contributed by atoms with Gasteiger partial charge in [-0.05, 0) is 41.8 Å². The van der Waals surface area contributed by atoms with Crippen molar-refractivity contribution in [3.8, 4) is 17.2 Å². The van der Waals surface area contributed by atoms with E-state index in [1.54, 1.807) is 18.2 Å². The number of hydrogen-bond donors (Lipinski definition) is 7. The molecule has 0 spiro atoms. The van der Waals surface area contributed by atoms with Gasteiger partial charge < -0.3 is 41.5 Å². The van der Waals surface area contributed by atoms with Gasteiger partial charge in [-0.25, -0.2) is 9.59 Å². The van der Waals surface area contributed by atoms with Gasteiger partial charge in [0.05, 0.1) is 6.04 Å². The second-order valence-corrected chi connectivity index (χ2v) is 7.74. The molecule has 12 heteroatoms. The standard InChI is InChI=1S/C22H23N3O9/c23-13-7-11-4-5-15(26)16(9-11)34-12-3-1-2-10(6-12)8-14(21(30)31)24-20(29)17(25-19(13)28)18(27)22(32)33/h1-6,9,13-14,17-18,26-27H,7-8,23H2,(H,24,29)(H,25,28)(H,30,31)(H,32,33)/t13-,14-,17-,18?/m0/s1. The molecule has 2 aromatic rings. The number of phenolic OH excluding ortho intramolecular Hbond substituents is 1. The van der Waals surface area contributed by atoms with Crippen molar-refractivity contribution >= 4 is 23.8 Å². The second-order valence-electron chi connectivity index (χ2n) is 7.74. The highest BCUT2D eigenvalue weighted by molar-refractivity contribution is 5.95. The predicted octanol–water partition coefficient (Wildman–Crippen LogP) is -0.890. The van der Waals surface area contributed by atoms with E-state index in [0.717, 1.165) is 0 Å². The van der Waals surface area contributed by atoms with Gasteiger partial charge in [0.15, 0.2) is 17.6 Å². The van der Waals surface area contributed by atoms with Crippen molar-refractivity contribution in [2.45, 2.75) is 37.1 Å². The molecule has 8 N–H and O–H groups in total. The Hall–Kier alpha value is -4.16. The van der Waals surface area contributed by atoms with Crippen LogP contribution in [-0.2, 0) is 32.0 Å². The molecule has 2 aromatic carbocycles. The van der Waals surface area contributed by atoms with Gasteiger partial charge in [-0.15, -0.1) is 0 Å². The topological polar surface area (TPSA) is 209 Å². The van der Waals surface area contributed by atoms with Gasteiger partial charge in [0.25, 0.3) is 0 Å². The number of aromatic hydroxyl groups is 1. The summed E-state index contributed by atoms with van der Waals surface area (Å²) in [7, 11) is 0. The number of amides is 2. The van der Waals surface area contributed by atoms with Crippen LogP contribution in [0.2, 0.25) is 0 Å². The van der Waals surface area contributed by atoms with Gasteiger partial charge in [0.2, 0.25) is 11.8 Å². The lowest BCUT2D eigenvalue weighted by atomic mass is 10.0. The number of carbonyl (C=O) groups excluding carboxylic acids is 2. The van der Waals surface area contributed by atoms with Crippen molar-refractivity contribution in [2.24, 2.45) is 5.73 Å². The summed E-state index contributed by atoms with van der Waals surface area (Å²) in [6.45, 7) is 0. The molecule has 0 saturated carbocycles. The third kappa shape index (κ3) is 5.79. The largest absolute Gasteiger partial charge is 0.504 e. The van der Waals surface area contributed by atoms with E-state index in [1.807, 2.05) is 0 Å². The Bertz CT molecular complexity index is 1120. The Balaban J connectivity index is 2.05. The number of nitrogens with one attached hydrogen (secondary N) is 2. The number of hydrogen-bond acceptors (Lipinski definition) is 8. The van der Waals surface area contributed by atoms with Crippen LogP contribution in [0.25, 0.3) is 0 Å². The molecular weight excluding hydrogens is 450 g/mol. The molecule has 4 bridgehead atoms. The fourth-order valence-electron chi connectivity index (χ4n) is 3.36. The predicted molar refractivity (Wildman–Crippen MR) is 115 cm³/mol. The van der Waals surface area contributed by atoms with Crippen LogP contribution in [-0.4, -0.2) is 68.4 Å². The van der Waals surface area contributed by atoms with Crippen LogP contribution < -0.4 is 21.1 Å². The molecule has 0 radical (unpaired) electrons. The number of fused-ring (bicyclic) bond motifs is 4. The van der Waals surface area contributed by atoms with E-state index in [1.165, 1.54) is 24.3 Å². The summed E-state index contributed by atoms with van der Waals surface area (Å²) in [6.07, 6.45) is -2.67. The molecule has 1 heterocycles. The number of aliphatic carboxylic acids is 2. The number of aliphatic hydroxyl groups excluding tert-OH is 1. The number of rotatable bonds is 3. The molecule has 1 unspecified atom stereocenters. The molecule has 34 heavy (non-hydrogen) atoms. The fraction of sp³-hybridized carbons (Fsp3) is 0.273. The van der Waals surface area contributed by atoms with E-state index in [9.17, 15) is 34.5 Å². The van der Waals surface area contributed by atoms with E-state index >= 15 is 0 Å². The molecule has 2 amide bonds. The van der Waals surface area contributed by atoms with Crippen LogP contribution in [0.4, 0.5) is 0 Å². The summed E-state index contributed by atoms with van der Waals surface area (Å²) in [5.41, 5.74) is 6.83. The van der Waals surface area contributed by atoms with Crippen LogP contribution in [0.15, 0.2) is 42.5 Å². The average Bonchev–Trinajstić information content (AvgIpc) is 2.78. The number of aliphatic hydroxyl groups is 1. The lowest BCUT2D eigenvalue weighted by molar-refractivity contribution is -0.152. The molecule has 0 fully saturated rings. The number of carboxylic acid groups (broad SMARTS) is 2. The maximum absolute atomic E-state index is 12.7. The number of carboxylic acids is 2. The fourth-order valence-corrected chi connectivity index (χ4v) is 3.36.